The molecule has 0 fully saturated rings. The van der Waals surface area contributed by atoms with Gasteiger partial charge in [-0.25, -0.2) is 4.79 Å². The summed E-state index contributed by atoms with van der Waals surface area (Å²) in [6.45, 7) is 7.99. The van der Waals surface area contributed by atoms with Crippen molar-refractivity contribution in [1.29, 1.82) is 0 Å². The monoisotopic (exact) mass is 555 g/mol. The summed E-state index contributed by atoms with van der Waals surface area (Å²) in [6.07, 6.45) is 7.07. The summed E-state index contributed by atoms with van der Waals surface area (Å²) in [4.78, 5) is 26.9. The van der Waals surface area contributed by atoms with Gasteiger partial charge in [-0.3, -0.25) is 4.79 Å². The van der Waals surface area contributed by atoms with Crippen LogP contribution in [0.1, 0.15) is 76.3 Å². The van der Waals surface area contributed by atoms with E-state index < -0.39 is 0 Å². The van der Waals surface area contributed by atoms with Gasteiger partial charge in [0.15, 0.2) is 11.5 Å². The molecule has 0 aliphatic carbocycles. The van der Waals surface area contributed by atoms with Gasteiger partial charge in [0.05, 0.1) is 13.2 Å². The Morgan fingerprint density at radius 1 is 0.825 bits per heavy atom. The molecule has 2 amide bonds. The molecular weight excluding hydrogens is 506 g/mol. The van der Waals surface area contributed by atoms with E-state index >= 15 is 0 Å². The Balaban J connectivity index is 1.78. The van der Waals surface area contributed by atoms with Gasteiger partial charge in [0.1, 0.15) is 6.61 Å². The third-order valence-corrected chi connectivity index (χ3v) is 6.43. The third kappa shape index (κ3) is 13.7. The van der Waals surface area contributed by atoms with Crippen LogP contribution in [0.2, 0.25) is 0 Å². The molecule has 0 spiro atoms. The second-order valence-electron chi connectivity index (χ2n) is 9.91. The molecule has 0 saturated heterocycles. The van der Waals surface area contributed by atoms with Crippen LogP contribution in [0.3, 0.4) is 0 Å². The Bertz CT molecular complexity index is 970. The maximum atomic E-state index is 12.7. The fourth-order valence-corrected chi connectivity index (χ4v) is 3.99. The lowest BCUT2D eigenvalue weighted by Gasteiger charge is -2.22. The van der Waals surface area contributed by atoms with Crippen LogP contribution >= 0.6 is 0 Å². The van der Waals surface area contributed by atoms with Crippen LogP contribution < -0.4 is 20.5 Å². The van der Waals surface area contributed by atoms with E-state index in [9.17, 15) is 9.59 Å². The molecule has 0 saturated carbocycles. The molecule has 0 radical (unpaired) electrons. The van der Waals surface area contributed by atoms with E-state index in [1.54, 1.807) is 4.90 Å². The quantitative estimate of drug-likeness (QED) is 0.187. The van der Waals surface area contributed by atoms with Crippen molar-refractivity contribution in [2.45, 2.75) is 78.2 Å². The first-order valence-corrected chi connectivity index (χ1v) is 14.9. The van der Waals surface area contributed by atoms with Gasteiger partial charge in [-0.2, -0.15) is 0 Å². The average Bonchev–Trinajstić information content (AvgIpc) is 2.97. The number of hydrogen-bond donors (Lipinski definition) is 2. The number of ether oxygens (including phenoxy) is 3. The molecule has 3 N–H and O–H groups in total. The minimum Gasteiger partial charge on any atom is -0.490 e. The van der Waals surface area contributed by atoms with Gasteiger partial charge in [0.25, 0.3) is 0 Å². The van der Waals surface area contributed by atoms with Crippen LogP contribution in [0.25, 0.3) is 0 Å². The Kier molecular flexibility index (Phi) is 17.0. The van der Waals surface area contributed by atoms with Crippen LogP contribution in [0, 0.1) is 0 Å². The minimum absolute atomic E-state index is 0.0157. The van der Waals surface area contributed by atoms with Gasteiger partial charge >= 0.3 is 6.09 Å². The van der Waals surface area contributed by atoms with Crippen molar-refractivity contribution in [3.8, 4) is 11.5 Å². The van der Waals surface area contributed by atoms with E-state index in [0.717, 1.165) is 61.2 Å². The molecular formula is C32H49N3O5. The summed E-state index contributed by atoms with van der Waals surface area (Å²) in [5, 5.41) is 2.98. The lowest BCUT2D eigenvalue weighted by atomic mass is 10.1. The first-order chi connectivity index (χ1) is 19.6. The Hall–Kier alpha value is -3.26. The fraction of sp³-hybridized carbons (Fsp3) is 0.562. The van der Waals surface area contributed by atoms with Crippen molar-refractivity contribution in [3.05, 3.63) is 59.7 Å². The normalized spacial score (nSPS) is 10.7. The number of rotatable bonds is 21. The summed E-state index contributed by atoms with van der Waals surface area (Å²) in [5.74, 6) is 1.49. The molecule has 8 heteroatoms. The molecule has 222 valence electrons. The maximum absolute atomic E-state index is 12.7. The van der Waals surface area contributed by atoms with Crippen LogP contribution in [0.5, 0.6) is 11.5 Å². The molecule has 2 aromatic carbocycles. The lowest BCUT2D eigenvalue weighted by molar-refractivity contribution is -0.121. The molecule has 0 aliphatic heterocycles. The summed E-state index contributed by atoms with van der Waals surface area (Å²) < 4.78 is 17.4. The molecule has 2 aromatic rings. The number of amides is 2. The summed E-state index contributed by atoms with van der Waals surface area (Å²) in [5.41, 5.74) is 7.61. The van der Waals surface area contributed by atoms with Crippen LogP contribution in [0.4, 0.5) is 4.79 Å². The van der Waals surface area contributed by atoms with Crippen molar-refractivity contribution in [3.63, 3.8) is 0 Å². The van der Waals surface area contributed by atoms with Gasteiger partial charge in [-0.1, -0.05) is 63.1 Å². The second kappa shape index (κ2) is 20.6. The molecule has 40 heavy (non-hydrogen) atoms. The number of hydrogen-bond acceptors (Lipinski definition) is 6. The zero-order chi connectivity index (χ0) is 28.8. The van der Waals surface area contributed by atoms with Crippen molar-refractivity contribution < 1.29 is 23.8 Å². The molecule has 0 heterocycles. The smallest absolute Gasteiger partial charge is 0.410 e. The Labute approximate surface area is 240 Å². The number of carbonyl (C=O) groups is 2. The maximum Gasteiger partial charge on any atom is 0.410 e. The predicted molar refractivity (Wildman–Crippen MR) is 160 cm³/mol. The predicted octanol–water partition coefficient (Wildman–Crippen LogP) is 5.86. The third-order valence-electron chi connectivity index (χ3n) is 6.43. The number of nitrogens with zero attached hydrogens (tertiary/aromatic N) is 1. The minimum atomic E-state index is -0.341. The number of carbonyl (C=O) groups excluding carboxylic acids is 2. The molecule has 0 unspecified atom stereocenters. The van der Waals surface area contributed by atoms with E-state index in [1.165, 1.54) is 0 Å². The zero-order valence-electron chi connectivity index (χ0n) is 24.5. The van der Waals surface area contributed by atoms with Crippen LogP contribution in [-0.2, 0) is 22.6 Å². The average molecular weight is 556 g/mol. The number of nitrogens with one attached hydrogen (secondary N) is 1. The van der Waals surface area contributed by atoms with Gasteiger partial charge in [0, 0.05) is 26.1 Å². The molecule has 0 atom stereocenters. The molecule has 0 aromatic heterocycles. The molecule has 2 rings (SSSR count). The van der Waals surface area contributed by atoms with Gasteiger partial charge in [0.2, 0.25) is 5.91 Å². The Morgan fingerprint density at radius 2 is 1.52 bits per heavy atom. The Morgan fingerprint density at radius 3 is 2.23 bits per heavy atom. The number of benzene rings is 2. The first-order valence-electron chi connectivity index (χ1n) is 14.9. The highest BCUT2D eigenvalue weighted by Crippen LogP contribution is 2.29. The van der Waals surface area contributed by atoms with Gasteiger partial charge in [-0.15, -0.1) is 0 Å². The van der Waals surface area contributed by atoms with Crippen molar-refractivity contribution in [2.75, 3.05) is 39.4 Å². The highest BCUT2D eigenvalue weighted by atomic mass is 16.6. The van der Waals surface area contributed by atoms with Gasteiger partial charge < -0.3 is 30.2 Å². The summed E-state index contributed by atoms with van der Waals surface area (Å²) in [7, 11) is 0. The fourth-order valence-electron chi connectivity index (χ4n) is 3.99. The highest BCUT2D eigenvalue weighted by Gasteiger charge is 2.15. The second-order valence-corrected chi connectivity index (χ2v) is 9.91. The first kappa shape index (κ1) is 32.9. The van der Waals surface area contributed by atoms with Crippen molar-refractivity contribution >= 4 is 12.0 Å². The van der Waals surface area contributed by atoms with Crippen molar-refractivity contribution in [1.82, 2.24) is 10.2 Å². The van der Waals surface area contributed by atoms with Gasteiger partial charge in [-0.05, 0) is 68.3 Å². The number of aryl methyl sites for hydroxylation is 1. The molecule has 8 nitrogen and oxygen atoms in total. The van der Waals surface area contributed by atoms with E-state index in [2.05, 4.69) is 19.2 Å². The largest absolute Gasteiger partial charge is 0.490 e. The molecule has 0 bridgehead atoms. The van der Waals surface area contributed by atoms with E-state index in [0.29, 0.717) is 58.7 Å². The zero-order valence-corrected chi connectivity index (χ0v) is 24.5. The topological polar surface area (TPSA) is 103 Å². The van der Waals surface area contributed by atoms with E-state index in [1.807, 2.05) is 48.5 Å². The molecule has 0 aliphatic rings. The SMILES string of the molecule is CCCCOc1ccc(CCC(=O)NCCCN(CCCCN)C(=O)OCc2ccccc2)cc1OCCCC. The number of unbranched alkanes of at least 4 members (excludes halogenated alkanes) is 3. The van der Waals surface area contributed by atoms with E-state index in [4.69, 9.17) is 19.9 Å². The van der Waals surface area contributed by atoms with Crippen LogP contribution in [0.15, 0.2) is 48.5 Å². The lowest BCUT2D eigenvalue weighted by Crippen LogP contribution is -2.35. The van der Waals surface area contributed by atoms with E-state index in [-0.39, 0.29) is 18.6 Å². The van der Waals surface area contributed by atoms with Crippen molar-refractivity contribution in [2.24, 2.45) is 5.73 Å². The highest BCUT2D eigenvalue weighted by molar-refractivity contribution is 5.76. The number of nitrogens with two attached hydrogens (primary N) is 1. The summed E-state index contributed by atoms with van der Waals surface area (Å²) >= 11 is 0. The standard InChI is InChI=1S/C32H49N3O5/c1-3-5-23-38-29-17-15-27(25-30(29)39-24-6-4-2)16-18-31(36)34-20-12-22-35(21-11-10-19-33)32(37)40-26-28-13-8-7-9-14-28/h7-9,13-15,17,25H,3-6,10-12,16,18-24,26,33H2,1-2H3,(H,34,36). The summed E-state index contributed by atoms with van der Waals surface area (Å²) in [6, 6.07) is 15.6. The van der Waals surface area contributed by atoms with Crippen LogP contribution in [-0.4, -0.2) is 56.3 Å².